The number of hydrogen-bond acceptors (Lipinski definition) is 8. The Morgan fingerprint density at radius 1 is 1.26 bits per heavy atom. The molecule has 1 N–H and O–H groups in total. The Labute approximate surface area is 105 Å². The maximum absolute atomic E-state index is 11.4. The van der Waals surface area contributed by atoms with E-state index in [1.165, 1.54) is 0 Å². The number of aromatic hydroxyl groups is 1. The summed E-state index contributed by atoms with van der Waals surface area (Å²) in [6.07, 6.45) is 0. The van der Waals surface area contributed by atoms with E-state index in [0.717, 1.165) is 18.2 Å². The summed E-state index contributed by atoms with van der Waals surface area (Å²) in [6, 6.07) is 2.91. The zero-order valence-electron chi connectivity index (χ0n) is 9.35. The topological polar surface area (TPSA) is 142 Å². The van der Waals surface area contributed by atoms with Gasteiger partial charge in [0.05, 0.1) is 10.5 Å². The van der Waals surface area contributed by atoms with Crippen molar-refractivity contribution in [3.8, 4) is 5.75 Å². The second-order valence-corrected chi connectivity index (χ2v) is 3.15. The maximum atomic E-state index is 11.4. The van der Waals surface area contributed by atoms with E-state index in [9.17, 15) is 30.1 Å². The summed E-state index contributed by atoms with van der Waals surface area (Å²) in [6.45, 7) is -0.796. The first-order valence-corrected chi connectivity index (χ1v) is 4.83. The highest BCUT2D eigenvalue weighted by Crippen LogP contribution is 2.26. The number of carbonyl (C=O) groups excluding carboxylic acids is 1. The van der Waals surface area contributed by atoms with Crippen LogP contribution < -0.4 is 0 Å². The van der Waals surface area contributed by atoms with E-state index in [2.05, 4.69) is 9.57 Å². The van der Waals surface area contributed by atoms with Crippen LogP contribution in [0.1, 0.15) is 10.4 Å². The number of carbonyl (C=O) groups is 1. The van der Waals surface area contributed by atoms with Crippen LogP contribution in [0.2, 0.25) is 0 Å². The Morgan fingerprint density at radius 3 is 2.47 bits per heavy atom. The molecule has 0 saturated heterocycles. The van der Waals surface area contributed by atoms with Crippen molar-refractivity contribution in [2.75, 3.05) is 13.2 Å². The van der Waals surface area contributed by atoms with Crippen molar-refractivity contribution >= 4 is 11.7 Å². The number of esters is 1. The highest BCUT2D eigenvalue weighted by atomic mass is 17.0. The van der Waals surface area contributed by atoms with Crippen LogP contribution in [0, 0.1) is 20.2 Å². The second kappa shape index (κ2) is 6.14. The lowest BCUT2D eigenvalue weighted by Gasteiger charge is -2.04. The molecule has 0 bridgehead atoms. The van der Waals surface area contributed by atoms with E-state index in [-0.39, 0.29) is 12.2 Å². The van der Waals surface area contributed by atoms with Crippen LogP contribution in [-0.4, -0.2) is 34.3 Å². The van der Waals surface area contributed by atoms with Crippen LogP contribution in [0.25, 0.3) is 0 Å². The van der Waals surface area contributed by atoms with Gasteiger partial charge < -0.3 is 14.7 Å². The number of phenols is 1. The van der Waals surface area contributed by atoms with Crippen molar-refractivity contribution in [1.29, 1.82) is 0 Å². The molecule has 1 aromatic carbocycles. The quantitative estimate of drug-likeness (QED) is 0.344. The molecule has 102 valence electrons. The number of nitro benzene ring substituents is 1. The number of hydrogen-bond donors (Lipinski definition) is 1. The minimum atomic E-state index is -1.04. The average molecular weight is 272 g/mol. The number of nitro groups is 1. The molecule has 0 aliphatic rings. The minimum absolute atomic E-state index is 0.121. The largest absolute Gasteiger partial charge is 0.502 e. The molecule has 1 aromatic rings. The lowest BCUT2D eigenvalue weighted by Crippen LogP contribution is -2.13. The van der Waals surface area contributed by atoms with Crippen molar-refractivity contribution < 1.29 is 29.5 Å². The van der Waals surface area contributed by atoms with E-state index in [4.69, 9.17) is 0 Å². The summed E-state index contributed by atoms with van der Waals surface area (Å²) in [5.74, 6) is -1.57. The molecule has 0 aliphatic carbocycles. The second-order valence-electron chi connectivity index (χ2n) is 3.15. The van der Waals surface area contributed by atoms with Crippen LogP contribution >= 0.6 is 0 Å². The Kier molecular flexibility index (Phi) is 4.57. The van der Waals surface area contributed by atoms with Gasteiger partial charge in [-0.05, 0) is 6.07 Å². The number of phenolic OH excluding ortho intramolecular Hbond substituents is 1. The molecular formula is C9H8N2O8. The van der Waals surface area contributed by atoms with E-state index in [1.54, 1.807) is 0 Å². The minimum Gasteiger partial charge on any atom is -0.502 e. The summed E-state index contributed by atoms with van der Waals surface area (Å²) < 4.78 is 4.58. The van der Waals surface area contributed by atoms with Crippen molar-refractivity contribution in [2.24, 2.45) is 0 Å². The molecule has 0 radical (unpaired) electrons. The molecule has 19 heavy (non-hydrogen) atoms. The molecule has 0 spiro atoms. The van der Waals surface area contributed by atoms with Crippen LogP contribution in [0.3, 0.4) is 0 Å². The molecule has 0 unspecified atom stereocenters. The SMILES string of the molecule is O=C(OCCO[N+](=O)[O-])c1ccc([N+](=O)[O-])c(O)c1. The number of rotatable bonds is 6. The van der Waals surface area contributed by atoms with Gasteiger partial charge in [-0.25, -0.2) is 4.79 Å². The zero-order valence-corrected chi connectivity index (χ0v) is 9.35. The van der Waals surface area contributed by atoms with Gasteiger partial charge in [-0.15, -0.1) is 10.1 Å². The first-order valence-electron chi connectivity index (χ1n) is 4.83. The molecule has 0 aromatic heterocycles. The number of nitrogens with zero attached hydrogens (tertiary/aromatic N) is 2. The van der Waals surface area contributed by atoms with Crippen LogP contribution in [0.5, 0.6) is 5.75 Å². The highest BCUT2D eigenvalue weighted by molar-refractivity contribution is 5.90. The fourth-order valence-corrected chi connectivity index (χ4v) is 1.13. The van der Waals surface area contributed by atoms with Crippen LogP contribution in [0.15, 0.2) is 18.2 Å². The summed E-state index contributed by atoms with van der Waals surface area (Å²) >= 11 is 0. The average Bonchev–Trinajstić information content (AvgIpc) is 2.33. The molecule has 0 fully saturated rings. The fourth-order valence-electron chi connectivity index (χ4n) is 1.13. The van der Waals surface area contributed by atoms with E-state index >= 15 is 0 Å². The van der Waals surface area contributed by atoms with Crippen LogP contribution in [-0.2, 0) is 9.57 Å². The summed E-state index contributed by atoms with van der Waals surface area (Å²) in [5, 5.41) is 28.5. The molecule has 10 heteroatoms. The molecular weight excluding hydrogens is 264 g/mol. The number of ether oxygens (including phenoxy) is 1. The Morgan fingerprint density at radius 2 is 1.95 bits per heavy atom. The van der Waals surface area contributed by atoms with Gasteiger partial charge in [0.15, 0.2) is 5.75 Å². The monoisotopic (exact) mass is 272 g/mol. The van der Waals surface area contributed by atoms with E-state index in [0.29, 0.717) is 0 Å². The fraction of sp³-hybridized carbons (Fsp3) is 0.222. The van der Waals surface area contributed by atoms with Gasteiger partial charge in [0.2, 0.25) is 0 Å². The number of benzene rings is 1. The van der Waals surface area contributed by atoms with E-state index < -0.39 is 34.0 Å². The van der Waals surface area contributed by atoms with Gasteiger partial charge >= 0.3 is 11.7 Å². The predicted molar refractivity (Wildman–Crippen MR) is 58.0 cm³/mol. The zero-order chi connectivity index (χ0) is 14.4. The van der Waals surface area contributed by atoms with Crippen LogP contribution in [0.4, 0.5) is 5.69 Å². The van der Waals surface area contributed by atoms with Gasteiger partial charge in [0.25, 0.3) is 5.09 Å². The van der Waals surface area contributed by atoms with Crippen molar-refractivity contribution in [1.82, 2.24) is 0 Å². The smallest absolute Gasteiger partial charge is 0.338 e. The summed E-state index contributed by atoms with van der Waals surface area (Å²) in [4.78, 5) is 34.7. The molecule has 0 heterocycles. The van der Waals surface area contributed by atoms with E-state index in [1.807, 2.05) is 0 Å². The van der Waals surface area contributed by atoms with Gasteiger partial charge in [0, 0.05) is 12.1 Å². The van der Waals surface area contributed by atoms with Gasteiger partial charge in [0.1, 0.15) is 13.2 Å². The molecule has 0 amide bonds. The predicted octanol–water partition coefficient (Wildman–Crippen LogP) is 0.665. The third-order valence-corrected chi connectivity index (χ3v) is 1.92. The van der Waals surface area contributed by atoms with Gasteiger partial charge in [-0.2, -0.15) is 0 Å². The third kappa shape index (κ3) is 4.11. The lowest BCUT2D eigenvalue weighted by molar-refractivity contribution is -0.757. The Balaban J connectivity index is 2.60. The van der Waals surface area contributed by atoms with Gasteiger partial charge in [-0.3, -0.25) is 10.1 Å². The molecule has 10 nitrogen and oxygen atoms in total. The Hall–Kier alpha value is -2.91. The van der Waals surface area contributed by atoms with Crippen molar-refractivity contribution in [2.45, 2.75) is 0 Å². The highest BCUT2D eigenvalue weighted by Gasteiger charge is 2.16. The maximum Gasteiger partial charge on any atom is 0.338 e. The lowest BCUT2D eigenvalue weighted by atomic mass is 10.2. The van der Waals surface area contributed by atoms with Crippen molar-refractivity contribution in [3.05, 3.63) is 44.0 Å². The first kappa shape index (κ1) is 14.2. The first-order chi connectivity index (χ1) is 8.91. The molecule has 0 aliphatic heterocycles. The summed E-state index contributed by atoms with van der Waals surface area (Å²) in [7, 11) is 0. The normalized spacial score (nSPS) is 9.68. The summed E-state index contributed by atoms with van der Waals surface area (Å²) in [5.41, 5.74) is -0.669. The standard InChI is InChI=1S/C9H8N2O8/c12-8-5-6(1-2-7(8)10(14)15)9(13)18-3-4-19-11(16)17/h1-2,5,12H,3-4H2. The van der Waals surface area contributed by atoms with Crippen molar-refractivity contribution in [3.63, 3.8) is 0 Å². The third-order valence-electron chi connectivity index (χ3n) is 1.92. The van der Waals surface area contributed by atoms with Gasteiger partial charge in [-0.1, -0.05) is 0 Å². The Bertz CT molecular complexity index is 515. The molecule has 0 saturated carbocycles. The molecule has 0 atom stereocenters. The molecule has 1 rings (SSSR count).